The van der Waals surface area contributed by atoms with Crippen LogP contribution in [-0.2, 0) is 14.2 Å². The molecule has 1 atom stereocenters. The van der Waals surface area contributed by atoms with Crippen molar-refractivity contribution in [1.82, 2.24) is 0 Å². The summed E-state index contributed by atoms with van der Waals surface area (Å²) in [4.78, 5) is 0. The van der Waals surface area contributed by atoms with Gasteiger partial charge in [0.25, 0.3) is 0 Å². The maximum atomic E-state index is 6.12. The van der Waals surface area contributed by atoms with E-state index >= 15 is 0 Å². The van der Waals surface area contributed by atoms with Crippen LogP contribution >= 0.6 is 0 Å². The molecule has 1 unspecified atom stereocenters. The minimum Gasteiger partial charge on any atom is -0.385 e. The summed E-state index contributed by atoms with van der Waals surface area (Å²) in [5.41, 5.74) is 8.56. The highest BCUT2D eigenvalue weighted by molar-refractivity contribution is 5.26. The molecule has 0 spiro atoms. The van der Waals surface area contributed by atoms with Crippen LogP contribution in [0, 0.1) is 0 Å². The van der Waals surface area contributed by atoms with E-state index in [4.69, 9.17) is 19.9 Å². The highest BCUT2D eigenvalue weighted by Crippen LogP contribution is 2.17. The first-order chi connectivity index (χ1) is 10.1. The molecule has 0 saturated heterocycles. The van der Waals surface area contributed by atoms with E-state index in [0.29, 0.717) is 32.3 Å². The van der Waals surface area contributed by atoms with Gasteiger partial charge in [0.05, 0.1) is 25.9 Å². The van der Waals surface area contributed by atoms with Gasteiger partial charge in [-0.1, -0.05) is 38.1 Å². The normalized spacial score (nSPS) is 12.8. The molecule has 1 rings (SSSR count). The number of benzene rings is 1. The standard InChI is InChI=1S/C17H29NO3/c1-14(2)15-5-7-16(8-6-15)17(18)13-21-12-11-20-10-4-9-19-3/h5-8,14,17H,4,9-13,18H2,1-3H3. The Morgan fingerprint density at radius 1 is 0.905 bits per heavy atom. The van der Waals surface area contributed by atoms with Gasteiger partial charge in [0.1, 0.15) is 0 Å². The zero-order chi connectivity index (χ0) is 15.5. The average Bonchev–Trinajstić information content (AvgIpc) is 2.49. The highest BCUT2D eigenvalue weighted by atomic mass is 16.5. The quantitative estimate of drug-likeness (QED) is 0.638. The van der Waals surface area contributed by atoms with Crippen LogP contribution in [0.3, 0.4) is 0 Å². The second-order valence-corrected chi connectivity index (χ2v) is 5.46. The molecule has 0 fully saturated rings. The number of hydrogen-bond donors (Lipinski definition) is 1. The number of ether oxygens (including phenoxy) is 3. The number of nitrogens with two attached hydrogens (primary N) is 1. The molecule has 0 aliphatic heterocycles. The number of hydrogen-bond acceptors (Lipinski definition) is 4. The average molecular weight is 295 g/mol. The van der Waals surface area contributed by atoms with Crippen LogP contribution in [0.15, 0.2) is 24.3 Å². The first kappa shape index (κ1) is 18.1. The van der Waals surface area contributed by atoms with Crippen LogP contribution in [0.2, 0.25) is 0 Å². The molecule has 0 amide bonds. The molecule has 0 aromatic heterocycles. The largest absolute Gasteiger partial charge is 0.385 e. The van der Waals surface area contributed by atoms with Crippen molar-refractivity contribution in [3.63, 3.8) is 0 Å². The topological polar surface area (TPSA) is 53.7 Å². The van der Waals surface area contributed by atoms with Crippen molar-refractivity contribution in [2.45, 2.75) is 32.2 Å². The van der Waals surface area contributed by atoms with Crippen molar-refractivity contribution in [2.24, 2.45) is 5.73 Å². The van der Waals surface area contributed by atoms with Crippen LogP contribution in [0.25, 0.3) is 0 Å². The Hall–Kier alpha value is -0.940. The fourth-order valence-electron chi connectivity index (χ4n) is 1.96. The lowest BCUT2D eigenvalue weighted by Gasteiger charge is -2.14. The fourth-order valence-corrected chi connectivity index (χ4v) is 1.96. The van der Waals surface area contributed by atoms with Crippen molar-refractivity contribution < 1.29 is 14.2 Å². The van der Waals surface area contributed by atoms with Crippen molar-refractivity contribution >= 4 is 0 Å². The van der Waals surface area contributed by atoms with Crippen molar-refractivity contribution in [3.8, 4) is 0 Å². The number of methoxy groups -OCH3 is 1. The Kier molecular flexibility index (Phi) is 9.26. The molecule has 0 saturated carbocycles. The van der Waals surface area contributed by atoms with E-state index in [9.17, 15) is 0 Å². The van der Waals surface area contributed by atoms with Gasteiger partial charge < -0.3 is 19.9 Å². The summed E-state index contributed by atoms with van der Waals surface area (Å²) in [5.74, 6) is 0.543. The third-order valence-electron chi connectivity index (χ3n) is 3.34. The van der Waals surface area contributed by atoms with E-state index in [1.54, 1.807) is 7.11 Å². The van der Waals surface area contributed by atoms with Crippen molar-refractivity contribution in [2.75, 3.05) is 40.1 Å². The molecular weight excluding hydrogens is 266 g/mol. The van der Waals surface area contributed by atoms with E-state index in [0.717, 1.165) is 18.6 Å². The lowest BCUT2D eigenvalue weighted by molar-refractivity contribution is 0.0355. The van der Waals surface area contributed by atoms with E-state index in [1.807, 2.05) is 0 Å². The van der Waals surface area contributed by atoms with Gasteiger partial charge in [0, 0.05) is 20.3 Å². The monoisotopic (exact) mass is 295 g/mol. The molecule has 0 radical (unpaired) electrons. The summed E-state index contributed by atoms with van der Waals surface area (Å²) < 4.78 is 15.9. The molecular formula is C17H29NO3. The molecule has 1 aromatic carbocycles. The lowest BCUT2D eigenvalue weighted by atomic mass is 10.00. The summed E-state index contributed by atoms with van der Waals surface area (Å²) in [5, 5.41) is 0. The maximum absolute atomic E-state index is 6.12. The van der Waals surface area contributed by atoms with Gasteiger partial charge in [-0.25, -0.2) is 0 Å². The minimum absolute atomic E-state index is 0.0836. The molecule has 4 nitrogen and oxygen atoms in total. The third-order valence-corrected chi connectivity index (χ3v) is 3.34. The van der Waals surface area contributed by atoms with Gasteiger partial charge in [-0.3, -0.25) is 0 Å². The summed E-state index contributed by atoms with van der Waals surface area (Å²) in [6.07, 6.45) is 0.915. The van der Waals surface area contributed by atoms with Gasteiger partial charge in [-0.05, 0) is 23.5 Å². The molecule has 21 heavy (non-hydrogen) atoms. The third kappa shape index (κ3) is 7.58. The Bertz CT molecular complexity index is 365. The molecule has 1 aromatic rings. The molecule has 4 heteroatoms. The summed E-state index contributed by atoms with van der Waals surface area (Å²) >= 11 is 0. The van der Waals surface area contributed by atoms with Crippen LogP contribution in [0.1, 0.15) is 43.4 Å². The van der Waals surface area contributed by atoms with Gasteiger partial charge in [-0.2, -0.15) is 0 Å². The van der Waals surface area contributed by atoms with Gasteiger partial charge in [0.15, 0.2) is 0 Å². The number of rotatable bonds is 11. The SMILES string of the molecule is COCCCOCCOCC(N)c1ccc(C(C)C)cc1. The van der Waals surface area contributed by atoms with Gasteiger partial charge in [-0.15, -0.1) is 0 Å². The Labute approximate surface area is 128 Å². The van der Waals surface area contributed by atoms with Crippen LogP contribution in [0.5, 0.6) is 0 Å². The van der Waals surface area contributed by atoms with E-state index in [1.165, 1.54) is 5.56 Å². The summed E-state index contributed by atoms with van der Waals surface area (Å²) in [6, 6.07) is 8.37. The first-order valence-electron chi connectivity index (χ1n) is 7.65. The highest BCUT2D eigenvalue weighted by Gasteiger charge is 2.07. The molecule has 120 valence electrons. The maximum Gasteiger partial charge on any atom is 0.0701 e. The summed E-state index contributed by atoms with van der Waals surface area (Å²) in [7, 11) is 1.69. The zero-order valence-corrected chi connectivity index (χ0v) is 13.5. The predicted molar refractivity (Wildman–Crippen MR) is 85.6 cm³/mol. The minimum atomic E-state index is -0.0836. The zero-order valence-electron chi connectivity index (χ0n) is 13.5. The Balaban J connectivity index is 2.14. The van der Waals surface area contributed by atoms with Gasteiger partial charge in [0.2, 0.25) is 0 Å². The Morgan fingerprint density at radius 2 is 1.52 bits per heavy atom. The predicted octanol–water partition coefficient (Wildman–Crippen LogP) is 2.88. The van der Waals surface area contributed by atoms with Crippen LogP contribution in [0.4, 0.5) is 0 Å². The second kappa shape index (κ2) is 10.7. The van der Waals surface area contributed by atoms with Crippen LogP contribution in [-0.4, -0.2) is 40.1 Å². The molecule has 0 aliphatic carbocycles. The lowest BCUT2D eigenvalue weighted by Crippen LogP contribution is -2.19. The molecule has 2 N–H and O–H groups in total. The van der Waals surface area contributed by atoms with Crippen molar-refractivity contribution in [1.29, 1.82) is 0 Å². The Morgan fingerprint density at radius 3 is 2.14 bits per heavy atom. The fraction of sp³-hybridized carbons (Fsp3) is 0.647. The molecule has 0 heterocycles. The van der Waals surface area contributed by atoms with Gasteiger partial charge >= 0.3 is 0 Å². The molecule has 0 bridgehead atoms. The smallest absolute Gasteiger partial charge is 0.0701 e. The van der Waals surface area contributed by atoms with Crippen LogP contribution < -0.4 is 5.73 Å². The second-order valence-electron chi connectivity index (χ2n) is 5.46. The first-order valence-corrected chi connectivity index (χ1v) is 7.65. The summed E-state index contributed by atoms with van der Waals surface area (Å²) in [6.45, 7) is 7.50. The molecule has 0 aliphatic rings. The van der Waals surface area contributed by atoms with E-state index in [-0.39, 0.29) is 6.04 Å². The van der Waals surface area contributed by atoms with Crippen molar-refractivity contribution in [3.05, 3.63) is 35.4 Å². The van der Waals surface area contributed by atoms with E-state index < -0.39 is 0 Å². The van der Waals surface area contributed by atoms with E-state index in [2.05, 4.69) is 38.1 Å².